The Morgan fingerprint density at radius 1 is 1.30 bits per heavy atom. The lowest BCUT2D eigenvalue weighted by atomic mass is 10.3. The van der Waals surface area contributed by atoms with Crippen LogP contribution in [0.3, 0.4) is 0 Å². The Hall–Kier alpha value is -0.0800. The number of nitrogens with zero attached hydrogens (tertiary/aromatic N) is 1. The van der Waals surface area contributed by atoms with Crippen molar-refractivity contribution < 1.29 is 4.59 Å². The van der Waals surface area contributed by atoms with Crippen LogP contribution in [0, 0.1) is 0 Å². The average molecular weight is 145 g/mol. The van der Waals surface area contributed by atoms with Gasteiger partial charge in [0.2, 0.25) is 0 Å². The molecule has 0 spiro atoms. The zero-order chi connectivity index (χ0) is 8.20. The lowest BCUT2D eigenvalue weighted by Crippen LogP contribution is -2.56. The fraction of sp³-hybridized carbons (Fsp3) is 1.00. The fourth-order valence-corrected chi connectivity index (χ4v) is 0.583. The molecule has 0 radical (unpaired) electrons. The molecule has 0 aromatic carbocycles. The average Bonchev–Trinajstić information content (AvgIpc) is 1.84. The van der Waals surface area contributed by atoms with E-state index in [2.05, 4.69) is 40.3 Å². The molecule has 0 aromatic heterocycles. The molecule has 0 saturated carbocycles. The quantitative estimate of drug-likeness (QED) is 0.465. The van der Waals surface area contributed by atoms with Crippen LogP contribution in [-0.2, 0) is 0 Å². The van der Waals surface area contributed by atoms with Crippen LogP contribution < -0.4 is 5.43 Å². The maximum Gasteiger partial charge on any atom is 0.100 e. The van der Waals surface area contributed by atoms with E-state index in [1.165, 1.54) is 6.42 Å². The first-order chi connectivity index (χ1) is 4.50. The molecule has 0 atom stereocenters. The minimum Gasteiger partial charge on any atom is -0.249 e. The molecule has 0 heterocycles. The number of nitrogens with one attached hydrogen (secondary N) is 1. The molecule has 0 aromatic rings. The zero-order valence-electron chi connectivity index (χ0n) is 7.94. The normalized spacial score (nSPS) is 12.6. The largest absolute Gasteiger partial charge is 0.249 e. The standard InChI is InChI=1S/C8H21N2/c1-6-7-9-10(4,5)8(2)3/h8-9H,6-7H2,1-5H3/q+1. The molecule has 0 fully saturated rings. The second-order valence-electron chi connectivity index (χ2n) is 3.54. The summed E-state index contributed by atoms with van der Waals surface area (Å²) in [5, 5.41) is 0. The first-order valence-electron chi connectivity index (χ1n) is 4.09. The highest BCUT2D eigenvalue weighted by molar-refractivity contribution is 4.36. The van der Waals surface area contributed by atoms with Gasteiger partial charge in [-0.05, 0) is 20.3 Å². The van der Waals surface area contributed by atoms with Crippen LogP contribution in [0.1, 0.15) is 27.2 Å². The molecule has 0 aliphatic heterocycles. The van der Waals surface area contributed by atoms with Crippen LogP contribution in [0.25, 0.3) is 0 Å². The minimum atomic E-state index is 0.645. The third-order valence-electron chi connectivity index (χ3n) is 2.06. The lowest BCUT2D eigenvalue weighted by molar-refractivity contribution is -0.953. The highest BCUT2D eigenvalue weighted by Crippen LogP contribution is 1.99. The maximum atomic E-state index is 3.45. The van der Waals surface area contributed by atoms with Crippen molar-refractivity contribution in [1.29, 1.82) is 0 Å². The summed E-state index contributed by atoms with van der Waals surface area (Å²) in [4.78, 5) is 0. The van der Waals surface area contributed by atoms with Crippen molar-refractivity contribution in [3.05, 3.63) is 0 Å². The van der Waals surface area contributed by atoms with Crippen LogP contribution in [0.2, 0.25) is 0 Å². The number of hydrogen-bond acceptors (Lipinski definition) is 1. The van der Waals surface area contributed by atoms with Crippen LogP contribution in [0.15, 0.2) is 0 Å². The third kappa shape index (κ3) is 3.18. The SMILES string of the molecule is CCCN[N+](C)(C)C(C)C. The van der Waals surface area contributed by atoms with Gasteiger partial charge in [0, 0.05) is 6.54 Å². The lowest BCUT2D eigenvalue weighted by Gasteiger charge is -2.33. The van der Waals surface area contributed by atoms with Gasteiger partial charge < -0.3 is 0 Å². The Labute approximate surface area is 64.8 Å². The van der Waals surface area contributed by atoms with E-state index in [4.69, 9.17) is 0 Å². The van der Waals surface area contributed by atoms with Crippen LogP contribution in [0.5, 0.6) is 0 Å². The number of quaternary nitrogens is 1. The Morgan fingerprint density at radius 3 is 2.10 bits per heavy atom. The summed E-state index contributed by atoms with van der Waals surface area (Å²) >= 11 is 0. The minimum absolute atomic E-state index is 0.645. The van der Waals surface area contributed by atoms with E-state index in [0.717, 1.165) is 11.1 Å². The smallest absolute Gasteiger partial charge is 0.100 e. The second kappa shape index (κ2) is 3.94. The monoisotopic (exact) mass is 145 g/mol. The van der Waals surface area contributed by atoms with E-state index < -0.39 is 0 Å². The van der Waals surface area contributed by atoms with Crippen molar-refractivity contribution in [2.45, 2.75) is 33.2 Å². The Kier molecular flexibility index (Phi) is 3.91. The molecule has 0 aliphatic carbocycles. The molecule has 0 aliphatic rings. The van der Waals surface area contributed by atoms with Crippen LogP contribution in [-0.4, -0.2) is 31.3 Å². The van der Waals surface area contributed by atoms with E-state index >= 15 is 0 Å². The van der Waals surface area contributed by atoms with Crippen molar-refractivity contribution in [2.24, 2.45) is 0 Å². The van der Waals surface area contributed by atoms with Gasteiger partial charge in [0.05, 0.1) is 14.1 Å². The van der Waals surface area contributed by atoms with Gasteiger partial charge in [0.25, 0.3) is 0 Å². The van der Waals surface area contributed by atoms with Crippen LogP contribution >= 0.6 is 0 Å². The summed E-state index contributed by atoms with van der Waals surface area (Å²) < 4.78 is 0.911. The van der Waals surface area contributed by atoms with Gasteiger partial charge in [0.1, 0.15) is 6.04 Å². The number of hydrogen-bond donors (Lipinski definition) is 1. The van der Waals surface area contributed by atoms with Gasteiger partial charge in [-0.2, -0.15) is 5.43 Å². The molecule has 2 heteroatoms. The molecule has 10 heavy (non-hydrogen) atoms. The first kappa shape index (κ1) is 9.92. The molecule has 0 unspecified atom stereocenters. The van der Waals surface area contributed by atoms with Gasteiger partial charge in [-0.3, -0.25) is 0 Å². The maximum absolute atomic E-state index is 3.45. The van der Waals surface area contributed by atoms with Gasteiger partial charge in [0.15, 0.2) is 0 Å². The van der Waals surface area contributed by atoms with Crippen LogP contribution in [0.4, 0.5) is 0 Å². The second-order valence-corrected chi connectivity index (χ2v) is 3.54. The van der Waals surface area contributed by atoms with E-state index in [0.29, 0.717) is 6.04 Å². The van der Waals surface area contributed by atoms with Gasteiger partial charge in [-0.25, -0.2) is 4.59 Å². The Balaban J connectivity index is 3.63. The third-order valence-corrected chi connectivity index (χ3v) is 2.06. The predicted molar refractivity (Wildman–Crippen MR) is 45.5 cm³/mol. The summed E-state index contributed by atoms with van der Waals surface area (Å²) in [5.74, 6) is 0. The Bertz CT molecular complexity index is 87.3. The summed E-state index contributed by atoms with van der Waals surface area (Å²) in [6.07, 6.45) is 1.20. The van der Waals surface area contributed by atoms with E-state index in [-0.39, 0.29) is 0 Å². The summed E-state index contributed by atoms with van der Waals surface area (Å²) in [6, 6.07) is 0.645. The molecule has 62 valence electrons. The first-order valence-corrected chi connectivity index (χ1v) is 4.09. The molecule has 2 nitrogen and oxygen atoms in total. The van der Waals surface area contributed by atoms with E-state index in [1.807, 2.05) is 0 Å². The molecule has 0 rings (SSSR count). The van der Waals surface area contributed by atoms with Gasteiger partial charge in [-0.15, -0.1) is 0 Å². The molecular weight excluding hydrogens is 124 g/mol. The van der Waals surface area contributed by atoms with E-state index in [9.17, 15) is 0 Å². The van der Waals surface area contributed by atoms with Crippen molar-refractivity contribution in [2.75, 3.05) is 20.6 Å². The number of rotatable bonds is 4. The van der Waals surface area contributed by atoms with Gasteiger partial charge in [-0.1, -0.05) is 6.92 Å². The van der Waals surface area contributed by atoms with E-state index in [1.54, 1.807) is 0 Å². The summed E-state index contributed by atoms with van der Waals surface area (Å²) in [6.45, 7) is 7.74. The molecule has 0 bridgehead atoms. The Morgan fingerprint density at radius 2 is 1.80 bits per heavy atom. The molecule has 0 amide bonds. The molecular formula is C8H21N2+. The highest BCUT2D eigenvalue weighted by Gasteiger charge is 2.17. The summed E-state index contributed by atoms with van der Waals surface area (Å²) in [5.41, 5.74) is 3.45. The van der Waals surface area contributed by atoms with Crippen molar-refractivity contribution in [1.82, 2.24) is 5.43 Å². The molecule has 0 saturated heterocycles. The topological polar surface area (TPSA) is 12.0 Å². The highest BCUT2D eigenvalue weighted by atomic mass is 15.6. The van der Waals surface area contributed by atoms with Crippen molar-refractivity contribution in [3.63, 3.8) is 0 Å². The summed E-state index contributed by atoms with van der Waals surface area (Å²) in [7, 11) is 4.39. The van der Waals surface area contributed by atoms with Crippen molar-refractivity contribution >= 4 is 0 Å². The zero-order valence-corrected chi connectivity index (χ0v) is 7.94. The fourth-order valence-electron chi connectivity index (χ4n) is 0.583. The predicted octanol–water partition coefficient (Wildman–Crippen LogP) is 1.39. The van der Waals surface area contributed by atoms with Gasteiger partial charge >= 0.3 is 0 Å². The van der Waals surface area contributed by atoms with Crippen molar-refractivity contribution in [3.8, 4) is 0 Å². The molecule has 1 N–H and O–H groups in total.